The van der Waals surface area contributed by atoms with Gasteiger partial charge in [-0.2, -0.15) is 0 Å². The lowest BCUT2D eigenvalue weighted by atomic mass is 10.1. The number of likely N-dealkylation sites (N-methyl/N-ethyl adjacent to an activating group) is 1. The zero-order valence-corrected chi connectivity index (χ0v) is 12.1. The van der Waals surface area contributed by atoms with Gasteiger partial charge in [0, 0.05) is 32.8 Å². The second-order valence-electron chi connectivity index (χ2n) is 5.00. The van der Waals surface area contributed by atoms with E-state index in [0.717, 1.165) is 19.6 Å². The molecule has 0 saturated carbocycles. The highest BCUT2D eigenvalue weighted by atomic mass is 16.5. The second-order valence-corrected chi connectivity index (χ2v) is 5.00. The summed E-state index contributed by atoms with van der Waals surface area (Å²) >= 11 is 0. The number of hydrogen-bond donors (Lipinski definition) is 1. The van der Waals surface area contributed by atoms with Gasteiger partial charge in [-0.3, -0.25) is 0 Å². The molecule has 102 valence electrons. The topological polar surface area (TPSA) is 24.5 Å². The first-order chi connectivity index (χ1) is 8.63. The molecule has 18 heavy (non-hydrogen) atoms. The maximum Gasteiger partial charge on any atom is 0.0713 e. The first kappa shape index (κ1) is 15.2. The molecule has 0 heterocycles. The van der Waals surface area contributed by atoms with Gasteiger partial charge in [0.1, 0.15) is 0 Å². The van der Waals surface area contributed by atoms with E-state index in [0.29, 0.717) is 12.6 Å². The van der Waals surface area contributed by atoms with Gasteiger partial charge in [-0.15, -0.1) is 0 Å². The van der Waals surface area contributed by atoms with Crippen molar-refractivity contribution in [2.24, 2.45) is 0 Å². The molecule has 1 aromatic rings. The van der Waals surface area contributed by atoms with Crippen molar-refractivity contribution < 1.29 is 4.74 Å². The highest BCUT2D eigenvalue weighted by molar-refractivity contribution is 5.21. The summed E-state index contributed by atoms with van der Waals surface area (Å²) in [7, 11) is 3.88. The summed E-state index contributed by atoms with van der Waals surface area (Å²) in [6, 6.07) is 9.18. The van der Waals surface area contributed by atoms with Gasteiger partial charge < -0.3 is 15.0 Å². The van der Waals surface area contributed by atoms with Crippen LogP contribution in [-0.4, -0.2) is 38.2 Å². The van der Waals surface area contributed by atoms with E-state index < -0.39 is 0 Å². The molecule has 0 aliphatic rings. The summed E-state index contributed by atoms with van der Waals surface area (Å²) in [6.45, 7) is 8.16. The van der Waals surface area contributed by atoms with Crippen LogP contribution in [0.2, 0.25) is 0 Å². The molecule has 1 aromatic carbocycles. The Labute approximate surface area is 111 Å². The Kier molecular flexibility index (Phi) is 6.94. The zero-order valence-electron chi connectivity index (χ0n) is 12.1. The predicted octanol–water partition coefficient (Wildman–Crippen LogP) is 2.26. The molecule has 0 unspecified atom stereocenters. The molecule has 0 fully saturated rings. The van der Waals surface area contributed by atoms with Crippen LogP contribution in [0.1, 0.15) is 25.0 Å². The van der Waals surface area contributed by atoms with Gasteiger partial charge in [0.05, 0.1) is 6.61 Å². The molecule has 0 aliphatic heterocycles. The van der Waals surface area contributed by atoms with Gasteiger partial charge in [-0.1, -0.05) is 24.3 Å². The van der Waals surface area contributed by atoms with Crippen LogP contribution in [0, 0.1) is 0 Å². The van der Waals surface area contributed by atoms with E-state index in [4.69, 9.17) is 4.74 Å². The molecule has 1 N–H and O–H groups in total. The lowest BCUT2D eigenvalue weighted by Crippen LogP contribution is -2.33. The van der Waals surface area contributed by atoms with Crippen LogP contribution in [0.15, 0.2) is 24.3 Å². The maximum atomic E-state index is 5.09. The zero-order chi connectivity index (χ0) is 13.4. The Bertz CT molecular complexity index is 322. The Hall–Kier alpha value is -0.900. The lowest BCUT2D eigenvalue weighted by Gasteiger charge is -2.20. The van der Waals surface area contributed by atoms with E-state index >= 15 is 0 Å². The summed E-state index contributed by atoms with van der Waals surface area (Å²) in [5, 5.41) is 3.47. The van der Waals surface area contributed by atoms with Gasteiger partial charge in [-0.25, -0.2) is 0 Å². The van der Waals surface area contributed by atoms with Crippen molar-refractivity contribution in [1.29, 1.82) is 0 Å². The third-order valence-electron chi connectivity index (χ3n) is 3.19. The number of methoxy groups -OCH3 is 1. The largest absolute Gasteiger partial charge is 0.380 e. The second kappa shape index (κ2) is 8.25. The number of nitrogens with one attached hydrogen (secondary N) is 1. The maximum absolute atomic E-state index is 5.09. The fourth-order valence-electron chi connectivity index (χ4n) is 1.67. The standard InChI is InChI=1S/C15H26N2O/c1-13(2)17(3)10-9-16-11-14-5-7-15(8-6-14)12-18-4/h5-8,13,16H,9-12H2,1-4H3. The van der Waals surface area contributed by atoms with Gasteiger partial charge in [0.25, 0.3) is 0 Å². The minimum atomic E-state index is 0.611. The number of hydrogen-bond acceptors (Lipinski definition) is 3. The van der Waals surface area contributed by atoms with E-state index in [-0.39, 0.29) is 0 Å². The SMILES string of the molecule is COCc1ccc(CNCCN(C)C(C)C)cc1. The Morgan fingerprint density at radius 1 is 1.17 bits per heavy atom. The van der Waals surface area contributed by atoms with Crippen molar-refractivity contribution in [2.75, 3.05) is 27.2 Å². The van der Waals surface area contributed by atoms with Crippen molar-refractivity contribution in [3.8, 4) is 0 Å². The summed E-state index contributed by atoms with van der Waals surface area (Å²) in [5.74, 6) is 0. The smallest absolute Gasteiger partial charge is 0.0713 e. The van der Waals surface area contributed by atoms with Gasteiger partial charge in [0.15, 0.2) is 0 Å². The molecule has 0 atom stereocenters. The van der Waals surface area contributed by atoms with Gasteiger partial charge >= 0.3 is 0 Å². The summed E-state index contributed by atoms with van der Waals surface area (Å²) in [4.78, 5) is 2.34. The Morgan fingerprint density at radius 2 is 1.78 bits per heavy atom. The normalized spacial score (nSPS) is 11.4. The molecule has 3 heteroatoms. The molecule has 1 rings (SSSR count). The highest BCUT2D eigenvalue weighted by Gasteiger charge is 2.01. The molecule has 0 aromatic heterocycles. The van der Waals surface area contributed by atoms with Crippen molar-refractivity contribution in [3.05, 3.63) is 35.4 Å². The predicted molar refractivity (Wildman–Crippen MR) is 76.6 cm³/mol. The highest BCUT2D eigenvalue weighted by Crippen LogP contribution is 2.05. The molecular weight excluding hydrogens is 224 g/mol. The molecule has 0 saturated heterocycles. The average molecular weight is 250 g/mol. The monoisotopic (exact) mass is 250 g/mol. The van der Waals surface area contributed by atoms with Crippen molar-refractivity contribution in [1.82, 2.24) is 10.2 Å². The number of ether oxygens (including phenoxy) is 1. The molecule has 0 spiro atoms. The van der Waals surface area contributed by atoms with Crippen LogP contribution < -0.4 is 5.32 Å². The fraction of sp³-hybridized carbons (Fsp3) is 0.600. The van der Waals surface area contributed by atoms with E-state index in [1.165, 1.54) is 11.1 Å². The molecular formula is C15H26N2O. The number of benzene rings is 1. The molecule has 0 aliphatic carbocycles. The fourth-order valence-corrected chi connectivity index (χ4v) is 1.67. The van der Waals surface area contributed by atoms with Crippen molar-refractivity contribution in [3.63, 3.8) is 0 Å². The van der Waals surface area contributed by atoms with Crippen LogP contribution in [-0.2, 0) is 17.9 Å². The van der Waals surface area contributed by atoms with E-state index in [1.807, 2.05) is 0 Å². The van der Waals surface area contributed by atoms with E-state index in [2.05, 4.69) is 55.4 Å². The molecule has 0 amide bonds. The number of rotatable bonds is 8. The summed E-state index contributed by atoms with van der Waals surface area (Å²) in [5.41, 5.74) is 2.54. The minimum absolute atomic E-state index is 0.611. The van der Waals surface area contributed by atoms with Crippen molar-refractivity contribution in [2.45, 2.75) is 33.0 Å². The Balaban J connectivity index is 2.23. The average Bonchev–Trinajstić information content (AvgIpc) is 2.36. The first-order valence-electron chi connectivity index (χ1n) is 6.61. The van der Waals surface area contributed by atoms with E-state index in [1.54, 1.807) is 7.11 Å². The van der Waals surface area contributed by atoms with Crippen molar-refractivity contribution >= 4 is 0 Å². The van der Waals surface area contributed by atoms with E-state index in [9.17, 15) is 0 Å². The number of nitrogens with zero attached hydrogens (tertiary/aromatic N) is 1. The Morgan fingerprint density at radius 3 is 2.33 bits per heavy atom. The third kappa shape index (κ3) is 5.63. The molecule has 3 nitrogen and oxygen atoms in total. The van der Waals surface area contributed by atoms with Gasteiger partial charge in [0.2, 0.25) is 0 Å². The summed E-state index contributed by atoms with van der Waals surface area (Å²) in [6.07, 6.45) is 0. The molecule has 0 radical (unpaired) electrons. The van der Waals surface area contributed by atoms with Crippen LogP contribution >= 0.6 is 0 Å². The molecule has 0 bridgehead atoms. The van der Waals surface area contributed by atoms with Crippen LogP contribution in [0.4, 0.5) is 0 Å². The van der Waals surface area contributed by atoms with Crippen LogP contribution in [0.3, 0.4) is 0 Å². The minimum Gasteiger partial charge on any atom is -0.380 e. The third-order valence-corrected chi connectivity index (χ3v) is 3.19. The quantitative estimate of drug-likeness (QED) is 0.716. The lowest BCUT2D eigenvalue weighted by molar-refractivity contribution is 0.185. The van der Waals surface area contributed by atoms with Crippen LogP contribution in [0.25, 0.3) is 0 Å². The van der Waals surface area contributed by atoms with Crippen LogP contribution in [0.5, 0.6) is 0 Å². The summed E-state index contributed by atoms with van der Waals surface area (Å²) < 4.78 is 5.09. The van der Waals surface area contributed by atoms with Gasteiger partial charge in [-0.05, 0) is 32.0 Å². The first-order valence-corrected chi connectivity index (χ1v) is 6.61.